The van der Waals surface area contributed by atoms with Crippen LogP contribution in [0.1, 0.15) is 5.56 Å². The summed E-state index contributed by atoms with van der Waals surface area (Å²) in [6.07, 6.45) is 0. The van der Waals surface area contributed by atoms with Gasteiger partial charge in [-0.25, -0.2) is 0 Å². The van der Waals surface area contributed by atoms with Gasteiger partial charge < -0.3 is 13.7 Å². The summed E-state index contributed by atoms with van der Waals surface area (Å²) in [5, 5.41) is 16.0. The molecule has 10 aromatic carbocycles. The van der Waals surface area contributed by atoms with E-state index in [0.717, 1.165) is 0 Å². The average Bonchev–Trinajstić information content (AvgIpc) is 3.90. The van der Waals surface area contributed by atoms with Crippen molar-refractivity contribution in [1.29, 1.82) is 0 Å². The van der Waals surface area contributed by atoms with Crippen LogP contribution in [0, 0.1) is 6.92 Å². The van der Waals surface area contributed by atoms with E-state index in [2.05, 4.69) is 184 Å². The highest BCUT2D eigenvalue weighted by molar-refractivity contribution is 7.00. The maximum atomic E-state index is 2.67. The monoisotopic (exact) mass is 743 g/mol. The Hall–Kier alpha value is -7.56. The fourth-order valence-corrected chi connectivity index (χ4v) is 12.5. The first-order chi connectivity index (χ1) is 29.2. The van der Waals surface area contributed by atoms with Crippen LogP contribution in [-0.2, 0) is 0 Å². The molecule has 16 rings (SSSR count). The summed E-state index contributed by atoms with van der Waals surface area (Å²) in [6.45, 7) is 2.31. The Kier molecular flexibility index (Phi) is 4.90. The van der Waals surface area contributed by atoms with Gasteiger partial charge in [0.25, 0.3) is 6.71 Å². The third kappa shape index (κ3) is 3.20. The fraction of sp³-hybridized carbons (Fsp3) is 0.0182. The second-order valence-electron chi connectivity index (χ2n) is 17.2. The van der Waals surface area contributed by atoms with Crippen LogP contribution in [0.15, 0.2) is 164 Å². The standard InChI is InChI=1S/C55H30BN3/c1-29-25-44-53-45(26-29)59-42-24-22-31-13-9-18-36-37-19-10-20-40-48(37)51-43(57(40)33-14-3-2-4-15-33)28-39(55(59)52(51)50(42)46(31)36)56(53)38-27-32-12-6-8-17-35(32)49-47-34-16-7-5-11-30(34)21-23-41(47)58(44)54(38)49/h2-28H,1H3. The highest BCUT2D eigenvalue weighted by atomic mass is 15.0. The molecule has 0 N–H and O–H groups in total. The predicted octanol–water partition coefficient (Wildman–Crippen LogP) is 11.9. The first kappa shape index (κ1) is 29.7. The smallest absolute Gasteiger partial charge is 0.252 e. The summed E-state index contributed by atoms with van der Waals surface area (Å²) in [6, 6.07) is 62.5. The molecule has 268 valence electrons. The van der Waals surface area contributed by atoms with Crippen molar-refractivity contribution in [2.45, 2.75) is 6.92 Å². The Morgan fingerprint density at radius 2 is 0.966 bits per heavy atom. The zero-order valence-corrected chi connectivity index (χ0v) is 32.0. The maximum absolute atomic E-state index is 2.67. The van der Waals surface area contributed by atoms with E-state index in [1.54, 1.807) is 0 Å². The lowest BCUT2D eigenvalue weighted by molar-refractivity contribution is 1.13. The molecule has 4 heteroatoms. The van der Waals surface area contributed by atoms with Gasteiger partial charge in [0.05, 0.1) is 33.1 Å². The molecule has 0 bridgehead atoms. The van der Waals surface area contributed by atoms with E-state index in [1.165, 1.54) is 148 Å². The minimum absolute atomic E-state index is 0.0210. The molecule has 3 nitrogen and oxygen atoms in total. The van der Waals surface area contributed by atoms with Crippen LogP contribution in [0.2, 0.25) is 0 Å². The Labute approximate surface area is 337 Å². The van der Waals surface area contributed by atoms with E-state index in [-0.39, 0.29) is 6.71 Å². The SMILES string of the molecule is Cc1cc2c3c(c1)-n1c4ccc5cccc6c5c4c4c5c7c-6cccc7n(-c6ccccc6)c5cc(c41)B3c1cc3ccccc3c3c4c5ccccc5ccc4n-2c13. The number of benzene rings is 10. The second-order valence-corrected chi connectivity index (χ2v) is 17.2. The summed E-state index contributed by atoms with van der Waals surface area (Å²) in [7, 11) is 0. The minimum Gasteiger partial charge on any atom is -0.310 e. The topological polar surface area (TPSA) is 14.8 Å². The van der Waals surface area contributed by atoms with Gasteiger partial charge in [0.2, 0.25) is 0 Å². The van der Waals surface area contributed by atoms with Crippen LogP contribution < -0.4 is 16.4 Å². The lowest BCUT2D eigenvalue weighted by Gasteiger charge is -2.34. The molecule has 0 saturated carbocycles. The molecule has 0 spiro atoms. The Balaban J connectivity index is 1.21. The number of hydrogen-bond acceptors (Lipinski definition) is 0. The van der Waals surface area contributed by atoms with Crippen molar-refractivity contribution < 1.29 is 0 Å². The van der Waals surface area contributed by atoms with E-state index < -0.39 is 0 Å². The van der Waals surface area contributed by atoms with Crippen molar-refractivity contribution in [2.24, 2.45) is 0 Å². The minimum atomic E-state index is 0.0210. The van der Waals surface area contributed by atoms with Gasteiger partial charge in [0.1, 0.15) is 0 Å². The molecule has 13 aromatic rings. The van der Waals surface area contributed by atoms with E-state index >= 15 is 0 Å². The lowest BCUT2D eigenvalue weighted by atomic mass is 9.34. The Bertz CT molecular complexity index is 4200. The first-order valence-electron chi connectivity index (χ1n) is 20.8. The largest absolute Gasteiger partial charge is 0.310 e. The van der Waals surface area contributed by atoms with E-state index in [1.807, 2.05) is 0 Å². The molecule has 0 fully saturated rings. The molecule has 0 unspecified atom stereocenters. The van der Waals surface area contributed by atoms with Crippen LogP contribution in [-0.4, -0.2) is 20.4 Å². The molecule has 5 heterocycles. The summed E-state index contributed by atoms with van der Waals surface area (Å²) in [5.41, 5.74) is 19.6. The molecular weight excluding hydrogens is 713 g/mol. The summed E-state index contributed by atoms with van der Waals surface area (Å²) in [4.78, 5) is 0. The van der Waals surface area contributed by atoms with Gasteiger partial charge in [0, 0.05) is 49.4 Å². The molecule has 1 aliphatic carbocycles. The highest BCUT2D eigenvalue weighted by Crippen LogP contribution is 2.52. The molecule has 0 saturated heterocycles. The zero-order chi connectivity index (χ0) is 38.0. The van der Waals surface area contributed by atoms with Crippen LogP contribution in [0.4, 0.5) is 0 Å². The lowest BCUT2D eigenvalue weighted by Crippen LogP contribution is -2.59. The van der Waals surface area contributed by atoms with E-state index in [0.29, 0.717) is 0 Å². The molecule has 0 amide bonds. The number of fused-ring (bicyclic) bond motifs is 13. The number of rotatable bonds is 1. The molecule has 3 aromatic heterocycles. The van der Waals surface area contributed by atoms with Gasteiger partial charge in [-0.15, -0.1) is 0 Å². The van der Waals surface area contributed by atoms with Gasteiger partial charge in [-0.2, -0.15) is 0 Å². The van der Waals surface area contributed by atoms with Gasteiger partial charge in [-0.3, -0.25) is 0 Å². The van der Waals surface area contributed by atoms with Crippen LogP contribution in [0.3, 0.4) is 0 Å². The molecule has 2 aliphatic heterocycles. The normalized spacial score (nSPS) is 13.5. The molecule has 3 aliphatic rings. The second kappa shape index (κ2) is 9.75. The first-order valence-corrected chi connectivity index (χ1v) is 20.8. The maximum Gasteiger partial charge on any atom is 0.252 e. The van der Waals surface area contributed by atoms with Gasteiger partial charge in [-0.1, -0.05) is 115 Å². The predicted molar refractivity (Wildman–Crippen MR) is 250 cm³/mol. The number of para-hydroxylation sites is 1. The third-order valence-electron chi connectivity index (χ3n) is 14.5. The van der Waals surface area contributed by atoms with Crippen molar-refractivity contribution in [3.63, 3.8) is 0 Å². The van der Waals surface area contributed by atoms with Crippen LogP contribution in [0.5, 0.6) is 0 Å². The molecule has 0 atom stereocenters. The number of aryl methyl sites for hydroxylation is 1. The van der Waals surface area contributed by atoms with Crippen molar-refractivity contribution in [2.75, 3.05) is 0 Å². The van der Waals surface area contributed by atoms with E-state index in [9.17, 15) is 0 Å². The third-order valence-corrected chi connectivity index (χ3v) is 14.5. The van der Waals surface area contributed by atoms with Gasteiger partial charge in [0.15, 0.2) is 0 Å². The Morgan fingerprint density at radius 3 is 1.78 bits per heavy atom. The molecule has 59 heavy (non-hydrogen) atoms. The average molecular weight is 744 g/mol. The van der Waals surface area contributed by atoms with Crippen molar-refractivity contribution >= 4 is 121 Å². The molecule has 0 radical (unpaired) electrons. The zero-order valence-electron chi connectivity index (χ0n) is 32.0. The summed E-state index contributed by atoms with van der Waals surface area (Å²) >= 11 is 0. The fourth-order valence-electron chi connectivity index (χ4n) is 12.5. The van der Waals surface area contributed by atoms with Crippen molar-refractivity contribution in [3.05, 3.63) is 169 Å². The van der Waals surface area contributed by atoms with Crippen molar-refractivity contribution in [3.8, 4) is 28.2 Å². The van der Waals surface area contributed by atoms with Crippen LogP contribution in [0.25, 0.3) is 126 Å². The number of hydrogen-bond donors (Lipinski definition) is 0. The van der Waals surface area contributed by atoms with Gasteiger partial charge >= 0.3 is 0 Å². The molecular formula is C55H30BN3. The summed E-state index contributed by atoms with van der Waals surface area (Å²) in [5.74, 6) is 0. The summed E-state index contributed by atoms with van der Waals surface area (Å²) < 4.78 is 7.86. The van der Waals surface area contributed by atoms with Gasteiger partial charge in [-0.05, 0) is 121 Å². The van der Waals surface area contributed by atoms with Crippen molar-refractivity contribution in [1.82, 2.24) is 13.7 Å². The number of nitrogens with zero attached hydrogens (tertiary/aromatic N) is 3. The number of aromatic nitrogens is 3. The highest BCUT2D eigenvalue weighted by Gasteiger charge is 2.43. The van der Waals surface area contributed by atoms with Crippen LogP contribution >= 0.6 is 0 Å². The quantitative estimate of drug-likeness (QED) is 0.149. The Morgan fingerprint density at radius 1 is 0.373 bits per heavy atom. The van der Waals surface area contributed by atoms with E-state index in [4.69, 9.17) is 0 Å².